The number of unbranched alkanes of at least 4 members (excludes halogenated alkanes) is 1. The van der Waals surface area contributed by atoms with Gasteiger partial charge in [-0.2, -0.15) is 0 Å². The molecule has 6 nitrogen and oxygen atoms in total. The fourth-order valence-electron chi connectivity index (χ4n) is 3.77. The molecule has 0 saturated carbocycles. The third-order valence-corrected chi connectivity index (χ3v) is 5.61. The molecule has 0 spiro atoms. The molecule has 1 aliphatic rings. The summed E-state index contributed by atoms with van der Waals surface area (Å²) in [6, 6.07) is 14.6. The summed E-state index contributed by atoms with van der Waals surface area (Å²) in [6.45, 7) is 7.44. The third kappa shape index (κ3) is 5.72. The van der Waals surface area contributed by atoms with Gasteiger partial charge >= 0.3 is 0 Å². The van der Waals surface area contributed by atoms with Crippen LogP contribution in [0.15, 0.2) is 48.5 Å². The van der Waals surface area contributed by atoms with Crippen molar-refractivity contribution >= 4 is 29.1 Å². The molecule has 0 bridgehead atoms. The number of hydrogen-bond donors (Lipinski definition) is 2. The van der Waals surface area contributed by atoms with E-state index < -0.39 is 0 Å². The van der Waals surface area contributed by atoms with Crippen molar-refractivity contribution in [3.8, 4) is 0 Å². The van der Waals surface area contributed by atoms with Crippen LogP contribution in [0.2, 0.25) is 0 Å². The Bertz CT molecular complexity index is 937. The minimum Gasteiger partial charge on any atom is -0.342 e. The highest BCUT2D eigenvalue weighted by atomic mass is 16.2. The number of para-hydroxylation sites is 1. The number of anilines is 2. The number of carbonyl (C=O) groups excluding carboxylic acids is 3. The largest absolute Gasteiger partial charge is 0.342 e. The Morgan fingerprint density at radius 2 is 1.77 bits per heavy atom. The van der Waals surface area contributed by atoms with Crippen molar-refractivity contribution in [3.63, 3.8) is 0 Å². The maximum Gasteiger partial charge on any atom is 0.255 e. The number of amides is 3. The predicted octanol–water partition coefficient (Wildman–Crippen LogP) is 4.65. The van der Waals surface area contributed by atoms with Crippen LogP contribution >= 0.6 is 0 Å². The summed E-state index contributed by atoms with van der Waals surface area (Å²) in [5, 5.41) is 5.84. The zero-order valence-electron chi connectivity index (χ0n) is 18.5. The van der Waals surface area contributed by atoms with E-state index in [1.54, 1.807) is 29.2 Å². The molecule has 0 aliphatic carbocycles. The minimum atomic E-state index is -0.333. The Balaban J connectivity index is 1.58. The molecule has 2 N–H and O–H groups in total. The molecule has 3 amide bonds. The summed E-state index contributed by atoms with van der Waals surface area (Å²) >= 11 is 0. The monoisotopic (exact) mass is 421 g/mol. The number of rotatable bonds is 8. The Labute approximate surface area is 184 Å². The summed E-state index contributed by atoms with van der Waals surface area (Å²) in [7, 11) is 0. The Hall–Kier alpha value is -3.15. The highest BCUT2D eigenvalue weighted by molar-refractivity contribution is 6.05. The van der Waals surface area contributed by atoms with Gasteiger partial charge in [0.05, 0.1) is 5.92 Å². The van der Waals surface area contributed by atoms with E-state index in [1.807, 2.05) is 24.3 Å². The maximum absolute atomic E-state index is 12.6. The average molecular weight is 422 g/mol. The van der Waals surface area contributed by atoms with Crippen LogP contribution in [-0.2, 0) is 9.59 Å². The second-order valence-corrected chi connectivity index (χ2v) is 8.36. The SMILES string of the molecule is CCCCN1C[C@@H](C(=O)Nc2ccc(C(=O)Nc3ccccc3C(C)C)cc2)CC1=O. The van der Waals surface area contributed by atoms with Crippen molar-refractivity contribution in [2.24, 2.45) is 5.92 Å². The normalized spacial score (nSPS) is 15.9. The molecular formula is C25H31N3O3. The van der Waals surface area contributed by atoms with Gasteiger partial charge in [-0.3, -0.25) is 14.4 Å². The first-order valence-corrected chi connectivity index (χ1v) is 11.0. The molecule has 0 radical (unpaired) electrons. The first-order chi connectivity index (χ1) is 14.9. The lowest BCUT2D eigenvalue weighted by Gasteiger charge is -2.16. The van der Waals surface area contributed by atoms with Gasteiger partial charge in [-0.25, -0.2) is 0 Å². The fourth-order valence-corrected chi connectivity index (χ4v) is 3.77. The summed E-state index contributed by atoms with van der Waals surface area (Å²) < 4.78 is 0. The van der Waals surface area contributed by atoms with E-state index >= 15 is 0 Å². The highest BCUT2D eigenvalue weighted by Crippen LogP contribution is 2.25. The van der Waals surface area contributed by atoms with Crippen LogP contribution < -0.4 is 10.6 Å². The molecule has 3 rings (SSSR count). The summed E-state index contributed by atoms with van der Waals surface area (Å²) in [4.78, 5) is 39.1. The van der Waals surface area contributed by atoms with Gasteiger partial charge < -0.3 is 15.5 Å². The summed E-state index contributed by atoms with van der Waals surface area (Å²) in [6.07, 6.45) is 2.22. The lowest BCUT2D eigenvalue weighted by atomic mass is 10.0. The number of nitrogens with zero attached hydrogens (tertiary/aromatic N) is 1. The molecular weight excluding hydrogens is 390 g/mol. The van der Waals surface area contributed by atoms with Gasteiger partial charge in [-0.1, -0.05) is 45.4 Å². The van der Waals surface area contributed by atoms with E-state index in [9.17, 15) is 14.4 Å². The zero-order chi connectivity index (χ0) is 22.4. The van der Waals surface area contributed by atoms with Crippen LogP contribution in [0.25, 0.3) is 0 Å². The van der Waals surface area contributed by atoms with Crippen molar-refractivity contribution in [1.29, 1.82) is 0 Å². The van der Waals surface area contributed by atoms with E-state index in [1.165, 1.54) is 0 Å². The molecule has 0 unspecified atom stereocenters. The van der Waals surface area contributed by atoms with E-state index in [-0.39, 0.29) is 30.1 Å². The van der Waals surface area contributed by atoms with Crippen LogP contribution in [0, 0.1) is 5.92 Å². The van der Waals surface area contributed by atoms with Crippen LogP contribution in [-0.4, -0.2) is 35.7 Å². The molecule has 2 aromatic rings. The molecule has 1 heterocycles. The third-order valence-electron chi connectivity index (χ3n) is 5.61. The summed E-state index contributed by atoms with van der Waals surface area (Å²) in [5.74, 6) is -0.342. The molecule has 0 aromatic heterocycles. The standard InChI is InChI=1S/C25H31N3O3/c1-4-5-14-28-16-19(15-23(28)29)25(31)26-20-12-10-18(11-13-20)24(30)27-22-9-7-6-8-21(22)17(2)3/h6-13,17,19H,4-5,14-16H2,1-3H3,(H,26,31)(H,27,30)/t19-/m0/s1. The first-order valence-electron chi connectivity index (χ1n) is 11.0. The van der Waals surface area contributed by atoms with Crippen molar-refractivity contribution in [3.05, 3.63) is 59.7 Å². The lowest BCUT2D eigenvalue weighted by molar-refractivity contribution is -0.128. The Kier molecular flexibility index (Phi) is 7.45. The van der Waals surface area contributed by atoms with Crippen LogP contribution in [0.3, 0.4) is 0 Å². The zero-order valence-corrected chi connectivity index (χ0v) is 18.5. The summed E-state index contributed by atoms with van der Waals surface area (Å²) in [5.41, 5.74) is 3.01. The number of hydrogen-bond acceptors (Lipinski definition) is 3. The molecule has 1 fully saturated rings. The van der Waals surface area contributed by atoms with Gasteiger partial charge in [0.25, 0.3) is 5.91 Å². The molecule has 1 aliphatic heterocycles. The molecule has 2 aromatic carbocycles. The van der Waals surface area contributed by atoms with Gasteiger partial charge in [-0.15, -0.1) is 0 Å². The molecule has 31 heavy (non-hydrogen) atoms. The average Bonchev–Trinajstić information content (AvgIpc) is 3.13. The van der Waals surface area contributed by atoms with Gasteiger partial charge in [0.2, 0.25) is 11.8 Å². The van der Waals surface area contributed by atoms with Gasteiger partial charge in [-0.05, 0) is 48.2 Å². The minimum absolute atomic E-state index is 0.0438. The number of benzene rings is 2. The van der Waals surface area contributed by atoms with Crippen molar-refractivity contribution < 1.29 is 14.4 Å². The number of carbonyl (C=O) groups is 3. The van der Waals surface area contributed by atoms with Gasteiger partial charge in [0.1, 0.15) is 0 Å². The van der Waals surface area contributed by atoms with Crippen LogP contribution in [0.1, 0.15) is 61.9 Å². The van der Waals surface area contributed by atoms with E-state index in [0.29, 0.717) is 30.3 Å². The lowest BCUT2D eigenvalue weighted by Crippen LogP contribution is -2.29. The topological polar surface area (TPSA) is 78.5 Å². The predicted molar refractivity (Wildman–Crippen MR) is 123 cm³/mol. The molecule has 164 valence electrons. The molecule has 1 saturated heterocycles. The van der Waals surface area contributed by atoms with Gasteiger partial charge in [0, 0.05) is 36.4 Å². The number of likely N-dealkylation sites (tertiary alicyclic amines) is 1. The van der Waals surface area contributed by atoms with Crippen LogP contribution in [0.4, 0.5) is 11.4 Å². The van der Waals surface area contributed by atoms with Crippen molar-refractivity contribution in [2.45, 2.75) is 46.0 Å². The maximum atomic E-state index is 12.6. The second-order valence-electron chi connectivity index (χ2n) is 8.36. The van der Waals surface area contributed by atoms with Crippen LogP contribution in [0.5, 0.6) is 0 Å². The fraction of sp³-hybridized carbons (Fsp3) is 0.400. The van der Waals surface area contributed by atoms with Crippen molar-refractivity contribution in [2.75, 3.05) is 23.7 Å². The second kappa shape index (κ2) is 10.2. The highest BCUT2D eigenvalue weighted by Gasteiger charge is 2.33. The van der Waals surface area contributed by atoms with E-state index in [4.69, 9.17) is 0 Å². The quantitative estimate of drug-likeness (QED) is 0.651. The Morgan fingerprint density at radius 3 is 2.45 bits per heavy atom. The van der Waals surface area contributed by atoms with Crippen molar-refractivity contribution in [1.82, 2.24) is 4.90 Å². The molecule has 1 atom stereocenters. The number of nitrogens with one attached hydrogen (secondary N) is 2. The Morgan fingerprint density at radius 1 is 1.06 bits per heavy atom. The van der Waals surface area contributed by atoms with E-state index in [2.05, 4.69) is 31.4 Å². The first kappa shape index (κ1) is 22.5. The van der Waals surface area contributed by atoms with E-state index in [0.717, 1.165) is 24.1 Å². The molecule has 6 heteroatoms. The smallest absolute Gasteiger partial charge is 0.255 e. The van der Waals surface area contributed by atoms with Gasteiger partial charge in [0.15, 0.2) is 0 Å².